The standard InChI is InChI=1S/C22H16O5/c23-17-9-12-19(21(25)14-17)20(24)13-8-15-6-10-18(11-7-15)27-22(26)16-4-2-1-3-5-16/h1-14,23,25H. The summed E-state index contributed by atoms with van der Waals surface area (Å²) in [7, 11) is 0. The fourth-order valence-electron chi connectivity index (χ4n) is 2.38. The minimum atomic E-state index is -0.447. The van der Waals surface area contributed by atoms with Crippen LogP contribution in [-0.4, -0.2) is 22.0 Å². The van der Waals surface area contributed by atoms with Crippen molar-refractivity contribution in [1.29, 1.82) is 0 Å². The van der Waals surface area contributed by atoms with Gasteiger partial charge in [0, 0.05) is 6.07 Å². The average Bonchev–Trinajstić information content (AvgIpc) is 2.68. The molecule has 0 aliphatic heterocycles. The quantitative estimate of drug-likeness (QED) is 0.308. The van der Waals surface area contributed by atoms with Crippen LogP contribution in [-0.2, 0) is 0 Å². The number of hydrogen-bond acceptors (Lipinski definition) is 5. The van der Waals surface area contributed by atoms with Crippen molar-refractivity contribution in [2.45, 2.75) is 0 Å². The van der Waals surface area contributed by atoms with E-state index in [0.29, 0.717) is 11.3 Å². The highest BCUT2D eigenvalue weighted by Crippen LogP contribution is 2.23. The van der Waals surface area contributed by atoms with Crippen molar-refractivity contribution in [2.24, 2.45) is 0 Å². The summed E-state index contributed by atoms with van der Waals surface area (Å²) < 4.78 is 5.29. The average molecular weight is 360 g/mol. The number of carbonyl (C=O) groups is 2. The summed E-state index contributed by atoms with van der Waals surface area (Å²) in [6.45, 7) is 0. The smallest absolute Gasteiger partial charge is 0.343 e. The number of carbonyl (C=O) groups excluding carboxylic acids is 2. The zero-order valence-corrected chi connectivity index (χ0v) is 14.2. The molecule has 0 spiro atoms. The SMILES string of the molecule is O=C(Oc1ccc(C=CC(=O)c2ccc(O)cc2O)cc1)c1ccccc1. The molecule has 0 fully saturated rings. The number of ether oxygens (including phenoxy) is 1. The fraction of sp³-hybridized carbons (Fsp3) is 0. The number of ketones is 1. The summed E-state index contributed by atoms with van der Waals surface area (Å²) in [4.78, 5) is 24.1. The number of esters is 1. The van der Waals surface area contributed by atoms with Crippen molar-refractivity contribution in [2.75, 3.05) is 0 Å². The molecule has 0 amide bonds. The molecule has 0 aliphatic rings. The van der Waals surface area contributed by atoms with E-state index in [-0.39, 0.29) is 17.1 Å². The first-order valence-corrected chi connectivity index (χ1v) is 8.14. The molecule has 5 heteroatoms. The van der Waals surface area contributed by atoms with E-state index in [0.717, 1.165) is 11.6 Å². The van der Waals surface area contributed by atoms with Gasteiger partial charge in [0.05, 0.1) is 11.1 Å². The van der Waals surface area contributed by atoms with Gasteiger partial charge in [0.1, 0.15) is 17.2 Å². The molecule has 0 saturated carbocycles. The van der Waals surface area contributed by atoms with Crippen LogP contribution >= 0.6 is 0 Å². The van der Waals surface area contributed by atoms with Crippen molar-refractivity contribution in [3.63, 3.8) is 0 Å². The molecule has 3 aromatic carbocycles. The second-order valence-corrected chi connectivity index (χ2v) is 5.72. The molecule has 0 unspecified atom stereocenters. The maximum absolute atomic E-state index is 12.1. The van der Waals surface area contributed by atoms with Gasteiger partial charge in [0.15, 0.2) is 5.78 Å². The lowest BCUT2D eigenvalue weighted by Crippen LogP contribution is -2.07. The highest BCUT2D eigenvalue weighted by molar-refractivity contribution is 6.08. The number of aromatic hydroxyl groups is 2. The minimum absolute atomic E-state index is 0.0949. The summed E-state index contributed by atoms with van der Waals surface area (Å²) in [6, 6.07) is 19.1. The van der Waals surface area contributed by atoms with E-state index in [1.807, 2.05) is 6.07 Å². The summed E-state index contributed by atoms with van der Waals surface area (Å²) in [5.41, 5.74) is 1.28. The van der Waals surface area contributed by atoms with Crippen molar-refractivity contribution < 1.29 is 24.5 Å². The molecule has 0 saturated heterocycles. The van der Waals surface area contributed by atoms with E-state index >= 15 is 0 Å². The van der Waals surface area contributed by atoms with Crippen molar-refractivity contribution >= 4 is 17.8 Å². The van der Waals surface area contributed by atoms with Crippen LogP contribution in [0.15, 0.2) is 78.9 Å². The third kappa shape index (κ3) is 4.61. The minimum Gasteiger partial charge on any atom is -0.508 e. The van der Waals surface area contributed by atoms with Gasteiger partial charge in [-0.25, -0.2) is 4.79 Å². The maximum atomic E-state index is 12.1. The second-order valence-electron chi connectivity index (χ2n) is 5.72. The fourth-order valence-corrected chi connectivity index (χ4v) is 2.38. The summed E-state index contributed by atoms with van der Waals surface area (Å²) in [5.74, 6) is -0.853. The Morgan fingerprint density at radius 1 is 0.852 bits per heavy atom. The van der Waals surface area contributed by atoms with Gasteiger partial charge < -0.3 is 14.9 Å². The van der Waals surface area contributed by atoms with Crippen LogP contribution in [0.2, 0.25) is 0 Å². The molecule has 27 heavy (non-hydrogen) atoms. The molecule has 0 aliphatic carbocycles. The molecule has 134 valence electrons. The van der Waals surface area contributed by atoms with E-state index in [2.05, 4.69) is 0 Å². The number of rotatable bonds is 5. The van der Waals surface area contributed by atoms with Gasteiger partial charge in [-0.2, -0.15) is 0 Å². The molecule has 3 aromatic rings. The molecule has 5 nitrogen and oxygen atoms in total. The van der Waals surface area contributed by atoms with E-state index in [1.165, 1.54) is 18.2 Å². The molecule has 0 heterocycles. The van der Waals surface area contributed by atoms with Gasteiger partial charge >= 0.3 is 5.97 Å². The lowest BCUT2D eigenvalue weighted by Gasteiger charge is -2.04. The molecule has 0 radical (unpaired) electrons. The zero-order chi connectivity index (χ0) is 19.2. The topological polar surface area (TPSA) is 83.8 Å². The molecule has 3 rings (SSSR count). The zero-order valence-electron chi connectivity index (χ0n) is 14.2. The van der Waals surface area contributed by atoms with Crippen LogP contribution in [0, 0.1) is 0 Å². The second kappa shape index (κ2) is 8.01. The monoisotopic (exact) mass is 360 g/mol. The van der Waals surface area contributed by atoms with Crippen molar-refractivity contribution in [3.8, 4) is 17.2 Å². The Bertz CT molecular complexity index is 989. The Balaban J connectivity index is 1.66. The first-order valence-electron chi connectivity index (χ1n) is 8.14. The Kier molecular flexibility index (Phi) is 5.33. The number of allylic oxidation sites excluding steroid dienone is 1. The van der Waals surface area contributed by atoms with E-state index in [9.17, 15) is 19.8 Å². The van der Waals surface area contributed by atoms with Gasteiger partial charge in [-0.1, -0.05) is 36.4 Å². The van der Waals surface area contributed by atoms with Gasteiger partial charge in [0.25, 0.3) is 0 Å². The highest BCUT2D eigenvalue weighted by atomic mass is 16.5. The Morgan fingerprint density at radius 3 is 2.22 bits per heavy atom. The van der Waals surface area contributed by atoms with Gasteiger partial charge in [0.2, 0.25) is 0 Å². The maximum Gasteiger partial charge on any atom is 0.343 e. The van der Waals surface area contributed by atoms with Crippen LogP contribution in [0.25, 0.3) is 6.08 Å². The Morgan fingerprint density at radius 2 is 1.56 bits per heavy atom. The highest BCUT2D eigenvalue weighted by Gasteiger charge is 2.09. The van der Waals surface area contributed by atoms with Crippen LogP contribution in [0.1, 0.15) is 26.3 Å². The lowest BCUT2D eigenvalue weighted by atomic mass is 10.1. The van der Waals surface area contributed by atoms with Crippen molar-refractivity contribution in [1.82, 2.24) is 0 Å². The van der Waals surface area contributed by atoms with Gasteiger partial charge in [-0.3, -0.25) is 4.79 Å². The van der Waals surface area contributed by atoms with E-state index in [1.54, 1.807) is 54.6 Å². The van der Waals surface area contributed by atoms with Crippen LogP contribution in [0.4, 0.5) is 0 Å². The number of phenols is 2. The van der Waals surface area contributed by atoms with Crippen LogP contribution in [0.3, 0.4) is 0 Å². The van der Waals surface area contributed by atoms with Gasteiger partial charge in [-0.05, 0) is 48.0 Å². The molecule has 0 atom stereocenters. The molecular formula is C22H16O5. The third-order valence-electron chi connectivity index (χ3n) is 3.77. The first kappa shape index (κ1) is 17.9. The summed E-state index contributed by atoms with van der Waals surface area (Å²) >= 11 is 0. The predicted octanol–water partition coefficient (Wildman–Crippen LogP) is 4.21. The first-order chi connectivity index (χ1) is 13.0. The van der Waals surface area contributed by atoms with E-state index < -0.39 is 11.8 Å². The third-order valence-corrected chi connectivity index (χ3v) is 3.77. The Hall–Kier alpha value is -3.86. The van der Waals surface area contributed by atoms with Crippen LogP contribution < -0.4 is 4.74 Å². The van der Waals surface area contributed by atoms with Gasteiger partial charge in [-0.15, -0.1) is 0 Å². The predicted molar refractivity (Wildman–Crippen MR) is 101 cm³/mol. The summed E-state index contributed by atoms with van der Waals surface area (Å²) in [5, 5.41) is 19.0. The number of hydrogen-bond donors (Lipinski definition) is 2. The molecule has 0 bridgehead atoms. The lowest BCUT2D eigenvalue weighted by molar-refractivity contribution is 0.0734. The van der Waals surface area contributed by atoms with E-state index in [4.69, 9.17) is 4.74 Å². The normalized spacial score (nSPS) is 10.7. The largest absolute Gasteiger partial charge is 0.508 e. The molecular weight excluding hydrogens is 344 g/mol. The van der Waals surface area contributed by atoms with Crippen molar-refractivity contribution in [3.05, 3.63) is 95.6 Å². The molecule has 0 aromatic heterocycles. The Labute approximate surface area is 155 Å². The van der Waals surface area contributed by atoms with Crippen LogP contribution in [0.5, 0.6) is 17.2 Å². The number of phenolic OH excluding ortho intramolecular Hbond substituents is 2. The molecule has 2 N–H and O–H groups in total. The number of benzene rings is 3. The summed E-state index contributed by atoms with van der Waals surface area (Å²) in [6.07, 6.45) is 2.90.